The molecule has 0 N–H and O–H groups in total. The van der Waals surface area contributed by atoms with E-state index in [0.29, 0.717) is 11.6 Å². The summed E-state index contributed by atoms with van der Waals surface area (Å²) in [5.41, 5.74) is 4.77. The van der Waals surface area contributed by atoms with E-state index in [1.165, 1.54) is 10.8 Å². The molecule has 0 saturated heterocycles. The highest BCUT2D eigenvalue weighted by Crippen LogP contribution is 2.45. The Morgan fingerprint density at radius 3 is 1.80 bits per heavy atom. The SMILES string of the molecule is [2H]c1c([2H])c([2H])c(-c2nc(-c3cccc4c3sc3cccc(-n5c6ccccc6c6ccccc65)c34)nc(-c3cccc4sc5ccccc5c34)n2)c([2H])c1[2H]. The van der Waals surface area contributed by atoms with Crippen LogP contribution in [0.5, 0.6) is 0 Å². The molecule has 4 aromatic heterocycles. The first-order valence-electron chi connectivity index (χ1n) is 19.0. The predicted octanol–water partition coefficient (Wildman–Crippen LogP) is 12.7. The average Bonchev–Trinajstić information content (AvgIpc) is 3.92. The van der Waals surface area contributed by atoms with E-state index in [0.717, 1.165) is 68.2 Å². The van der Waals surface area contributed by atoms with Crippen LogP contribution in [-0.4, -0.2) is 19.5 Å². The number of nitrogens with zero attached hydrogens (tertiary/aromatic N) is 4. The molecular formula is C45H26N4S2. The van der Waals surface area contributed by atoms with Gasteiger partial charge in [0.25, 0.3) is 0 Å². The minimum Gasteiger partial charge on any atom is -0.309 e. The molecule has 0 saturated carbocycles. The molecule has 0 aliphatic heterocycles. The number of aromatic nitrogens is 4. The van der Waals surface area contributed by atoms with Gasteiger partial charge >= 0.3 is 0 Å². The highest BCUT2D eigenvalue weighted by atomic mass is 32.1. The second-order valence-corrected chi connectivity index (χ2v) is 14.5. The molecule has 4 heterocycles. The van der Waals surface area contributed by atoms with Crippen molar-refractivity contribution in [3.05, 3.63) is 158 Å². The van der Waals surface area contributed by atoms with Crippen molar-refractivity contribution in [2.24, 2.45) is 0 Å². The summed E-state index contributed by atoms with van der Waals surface area (Å²) in [6.07, 6.45) is 0. The van der Waals surface area contributed by atoms with Gasteiger partial charge in [0.05, 0.1) is 23.6 Å². The van der Waals surface area contributed by atoms with Crippen molar-refractivity contribution in [1.29, 1.82) is 0 Å². The third-order valence-corrected chi connectivity index (χ3v) is 11.9. The molecule has 0 aliphatic rings. The van der Waals surface area contributed by atoms with Crippen LogP contribution in [0.3, 0.4) is 0 Å². The van der Waals surface area contributed by atoms with Gasteiger partial charge in [-0.3, -0.25) is 0 Å². The van der Waals surface area contributed by atoms with Crippen LogP contribution >= 0.6 is 22.7 Å². The molecule has 0 atom stereocenters. The van der Waals surface area contributed by atoms with Crippen LogP contribution in [-0.2, 0) is 0 Å². The van der Waals surface area contributed by atoms with Crippen LogP contribution in [0.1, 0.15) is 6.85 Å². The Bertz CT molecular complexity index is 3380. The van der Waals surface area contributed by atoms with Gasteiger partial charge in [0.1, 0.15) is 0 Å². The summed E-state index contributed by atoms with van der Waals surface area (Å²) in [5.74, 6) is 0.724. The molecule has 0 fully saturated rings. The number of hydrogen-bond donors (Lipinski definition) is 0. The molecule has 0 spiro atoms. The minimum atomic E-state index is -0.470. The van der Waals surface area contributed by atoms with Gasteiger partial charge in [0, 0.05) is 67.8 Å². The number of para-hydroxylation sites is 2. The Kier molecular flexibility index (Phi) is 5.25. The van der Waals surface area contributed by atoms with E-state index in [2.05, 4.69) is 95.6 Å². The quantitative estimate of drug-likeness (QED) is 0.184. The van der Waals surface area contributed by atoms with Gasteiger partial charge in [-0.25, -0.2) is 15.0 Å². The zero-order valence-electron chi connectivity index (χ0n) is 31.7. The van der Waals surface area contributed by atoms with Crippen LogP contribution in [0, 0.1) is 0 Å². The standard InChI is InChI=1S/C45H26N4S2/c1-2-13-27(14-3-1)43-46-44(32-19-11-25-38-40(32)30-17-6-9-24-37(30)50-38)48-45(47-43)33-20-10-18-31-41-36(23-12-26-39(41)51-42(31)33)49-34-21-7-4-15-28(34)29-16-5-8-22-35(29)49/h1-26H/i1D,2D,3D,13D,14D. The number of hydrogen-bond acceptors (Lipinski definition) is 5. The van der Waals surface area contributed by atoms with Gasteiger partial charge in [-0.1, -0.05) is 115 Å². The molecule has 238 valence electrons. The summed E-state index contributed by atoms with van der Waals surface area (Å²) in [5, 5.41) is 6.58. The normalized spacial score (nSPS) is 13.3. The van der Waals surface area contributed by atoms with E-state index < -0.39 is 18.1 Å². The summed E-state index contributed by atoms with van der Waals surface area (Å²) in [6.45, 7) is 0. The van der Waals surface area contributed by atoms with Crippen molar-refractivity contribution in [2.45, 2.75) is 0 Å². The molecule has 11 aromatic rings. The maximum Gasteiger partial charge on any atom is 0.165 e. The predicted molar refractivity (Wildman–Crippen MR) is 216 cm³/mol. The van der Waals surface area contributed by atoms with Crippen molar-refractivity contribution in [3.8, 4) is 39.9 Å². The lowest BCUT2D eigenvalue weighted by Gasteiger charge is -2.11. The largest absolute Gasteiger partial charge is 0.309 e. The first-order valence-corrected chi connectivity index (χ1v) is 18.2. The highest BCUT2D eigenvalue weighted by Gasteiger charge is 2.21. The second-order valence-electron chi connectivity index (χ2n) is 12.4. The van der Waals surface area contributed by atoms with Gasteiger partial charge in [-0.05, 0) is 42.5 Å². The summed E-state index contributed by atoms with van der Waals surface area (Å²) < 4.78 is 49.6. The lowest BCUT2D eigenvalue weighted by molar-refractivity contribution is 1.08. The number of benzene rings is 7. The van der Waals surface area contributed by atoms with Crippen LogP contribution in [0.2, 0.25) is 0 Å². The first-order chi connectivity index (χ1) is 27.4. The lowest BCUT2D eigenvalue weighted by Crippen LogP contribution is -2.00. The van der Waals surface area contributed by atoms with Gasteiger partial charge in [-0.15, -0.1) is 22.7 Å². The lowest BCUT2D eigenvalue weighted by atomic mass is 10.0. The van der Waals surface area contributed by atoms with E-state index >= 15 is 0 Å². The van der Waals surface area contributed by atoms with E-state index in [4.69, 9.17) is 21.8 Å². The van der Waals surface area contributed by atoms with E-state index in [1.807, 2.05) is 36.4 Å². The zero-order valence-corrected chi connectivity index (χ0v) is 28.4. The number of rotatable bonds is 4. The van der Waals surface area contributed by atoms with Crippen LogP contribution in [0.4, 0.5) is 0 Å². The van der Waals surface area contributed by atoms with Crippen molar-refractivity contribution >= 4 is 84.8 Å². The summed E-state index contributed by atoms with van der Waals surface area (Å²) in [4.78, 5) is 15.0. The summed E-state index contributed by atoms with van der Waals surface area (Å²) >= 11 is 3.34. The third-order valence-electron chi connectivity index (χ3n) is 9.56. The zero-order chi connectivity index (χ0) is 37.8. The van der Waals surface area contributed by atoms with E-state index in [1.54, 1.807) is 22.7 Å². The molecule has 0 amide bonds. The number of fused-ring (bicyclic) bond motifs is 9. The first kappa shape index (κ1) is 24.0. The third kappa shape index (κ3) is 4.34. The van der Waals surface area contributed by atoms with Crippen molar-refractivity contribution in [3.63, 3.8) is 0 Å². The van der Waals surface area contributed by atoms with E-state index in [-0.39, 0.29) is 23.5 Å². The van der Waals surface area contributed by atoms with Crippen molar-refractivity contribution in [2.75, 3.05) is 0 Å². The molecule has 6 heteroatoms. The van der Waals surface area contributed by atoms with Gasteiger partial charge in [0.15, 0.2) is 17.5 Å². The Hall–Kier alpha value is -6.21. The molecule has 7 aromatic carbocycles. The minimum absolute atomic E-state index is 0.0163. The maximum absolute atomic E-state index is 8.88. The van der Waals surface area contributed by atoms with Gasteiger partial charge in [-0.2, -0.15) is 0 Å². The van der Waals surface area contributed by atoms with Crippen LogP contribution in [0.25, 0.3) is 102 Å². The Labute approximate surface area is 307 Å². The molecule has 0 aliphatic carbocycles. The molecule has 4 nitrogen and oxygen atoms in total. The summed E-state index contributed by atoms with van der Waals surface area (Å²) in [6, 6.07) is 41.7. The average molecular weight is 692 g/mol. The van der Waals surface area contributed by atoms with Gasteiger partial charge in [0.2, 0.25) is 0 Å². The van der Waals surface area contributed by atoms with Crippen LogP contribution < -0.4 is 0 Å². The molecule has 0 unspecified atom stereocenters. The summed E-state index contributed by atoms with van der Waals surface area (Å²) in [7, 11) is 0. The Morgan fingerprint density at radius 2 is 1.02 bits per heavy atom. The Balaban J connectivity index is 1.21. The molecular weight excluding hydrogens is 661 g/mol. The van der Waals surface area contributed by atoms with Crippen LogP contribution in [0.15, 0.2) is 158 Å². The monoisotopic (exact) mass is 691 g/mol. The fraction of sp³-hybridized carbons (Fsp3) is 0. The maximum atomic E-state index is 8.88. The smallest absolute Gasteiger partial charge is 0.165 e. The van der Waals surface area contributed by atoms with Gasteiger partial charge < -0.3 is 4.57 Å². The number of thiophene rings is 2. The fourth-order valence-electron chi connectivity index (χ4n) is 7.43. The molecule has 0 radical (unpaired) electrons. The molecule has 0 bridgehead atoms. The Morgan fingerprint density at radius 1 is 0.451 bits per heavy atom. The molecule has 51 heavy (non-hydrogen) atoms. The topological polar surface area (TPSA) is 43.6 Å². The second kappa shape index (κ2) is 11.2. The fourth-order valence-corrected chi connectivity index (χ4v) is 9.79. The van der Waals surface area contributed by atoms with Crippen molar-refractivity contribution in [1.82, 2.24) is 19.5 Å². The van der Waals surface area contributed by atoms with E-state index in [9.17, 15) is 0 Å². The molecule has 11 rings (SSSR count). The van der Waals surface area contributed by atoms with Crippen molar-refractivity contribution < 1.29 is 6.85 Å². The highest BCUT2D eigenvalue weighted by molar-refractivity contribution is 7.26.